The van der Waals surface area contributed by atoms with E-state index < -0.39 is 117 Å². The minimum Gasteiger partial charge on any atom is -0.479 e. The van der Waals surface area contributed by atoms with Gasteiger partial charge in [-0.15, -0.1) is 0 Å². The summed E-state index contributed by atoms with van der Waals surface area (Å²) in [4.78, 5) is 60.6. The van der Waals surface area contributed by atoms with Crippen LogP contribution < -0.4 is 26.6 Å². The molecule has 5 heterocycles. The second-order valence-corrected chi connectivity index (χ2v) is 16.1. The standard InChI is InChI=1S/C34H55N5O18S/c1-13(42)36-15-9-17(18(10-40)54-31(15)50)53-28-25(46)26(47)33(57-29(28)30(48)49)56-27-23(37-14(2)43)32(55-19(11-41)24(27)45)52-8-7-35-21(44)6-4-3-5-20-22-16(12-58-20)38-34(51)39-22/h15-20,22-29,31-33,40-41,45-47,50H,3-12H2,1-2H3,(H,35,44)(H,36,42)(H,37,43)(H,48,49)(H2,38,39,51)/t15-,16+,17+,18-,19-,20+,22+,23-,24-,25-,26-,27-,28+,29+,31-,32-,33-/m1/s1. The zero-order valence-electron chi connectivity index (χ0n) is 31.9. The third-order valence-electron chi connectivity index (χ3n) is 10.5. The first-order chi connectivity index (χ1) is 27.6. The molecule has 5 aliphatic heterocycles. The van der Waals surface area contributed by atoms with Crippen LogP contribution in [0.5, 0.6) is 0 Å². The first-order valence-electron chi connectivity index (χ1n) is 19.2. The summed E-state index contributed by atoms with van der Waals surface area (Å²) in [5, 5.41) is 87.6. The maximum Gasteiger partial charge on any atom is 0.335 e. The SMILES string of the molecule is CC(=O)N[C@H]1[C@H](OCCNC(=O)CCCC[C@@H]2SC[C@@H]3NC(=O)N[C@@H]32)O[C@H](CO)[C@@H](O)[C@@H]1O[C@@H]1O[C@H](C(=O)O)[C@@H](O[C@H]2C[C@@H](NC(C)=O)[C@H](O)O[C@@H]2CO)[C@H](O)[C@H]1O. The second-order valence-electron chi connectivity index (χ2n) is 14.8. The van der Waals surface area contributed by atoms with Crippen LogP contribution in [0.4, 0.5) is 4.79 Å². The lowest BCUT2D eigenvalue weighted by Gasteiger charge is -2.48. The molecule has 12 N–H and O–H groups in total. The number of aliphatic carboxylic acids is 1. The molecule has 0 saturated carbocycles. The zero-order chi connectivity index (χ0) is 42.3. The van der Waals surface area contributed by atoms with Gasteiger partial charge in [-0.3, -0.25) is 14.4 Å². The van der Waals surface area contributed by atoms with E-state index in [2.05, 4.69) is 26.6 Å². The van der Waals surface area contributed by atoms with Gasteiger partial charge in [0.1, 0.15) is 48.8 Å². The van der Waals surface area contributed by atoms with Gasteiger partial charge in [0, 0.05) is 44.2 Å². The Kier molecular flexibility index (Phi) is 16.7. The number of aliphatic hydroxyl groups is 6. The summed E-state index contributed by atoms with van der Waals surface area (Å²) in [7, 11) is 0. The van der Waals surface area contributed by atoms with E-state index in [1.54, 1.807) is 11.8 Å². The first-order valence-corrected chi connectivity index (χ1v) is 20.2. The predicted molar refractivity (Wildman–Crippen MR) is 194 cm³/mol. The number of carboxylic acids is 1. The molecular weight excluding hydrogens is 798 g/mol. The van der Waals surface area contributed by atoms with E-state index in [9.17, 15) is 59.7 Å². The van der Waals surface area contributed by atoms with Crippen molar-refractivity contribution in [3.63, 3.8) is 0 Å². The number of amides is 5. The van der Waals surface area contributed by atoms with Gasteiger partial charge in [0.2, 0.25) is 17.7 Å². The number of aliphatic hydroxyl groups excluding tert-OH is 6. The third-order valence-corrected chi connectivity index (χ3v) is 12.1. The van der Waals surface area contributed by atoms with Crippen molar-refractivity contribution in [1.29, 1.82) is 0 Å². The number of carbonyl (C=O) groups excluding carboxylic acids is 4. The molecule has 330 valence electrons. The summed E-state index contributed by atoms with van der Waals surface area (Å²) in [6, 6.07) is -2.36. The fraction of sp³-hybridized carbons (Fsp3) is 0.853. The summed E-state index contributed by atoms with van der Waals surface area (Å²) in [5.41, 5.74) is 0. The Morgan fingerprint density at radius 2 is 1.59 bits per heavy atom. The number of hydrogen-bond donors (Lipinski definition) is 12. The Balaban J connectivity index is 1.17. The lowest BCUT2D eigenvalue weighted by Crippen LogP contribution is -2.69. The quantitative estimate of drug-likeness (QED) is 0.0453. The minimum absolute atomic E-state index is 0.00923. The van der Waals surface area contributed by atoms with Gasteiger partial charge in [0.15, 0.2) is 25.0 Å². The number of carboxylic acid groups (broad SMARTS) is 1. The van der Waals surface area contributed by atoms with Crippen LogP contribution >= 0.6 is 11.8 Å². The van der Waals surface area contributed by atoms with E-state index in [-0.39, 0.29) is 55.3 Å². The van der Waals surface area contributed by atoms with E-state index in [0.29, 0.717) is 6.42 Å². The normalized spacial score (nSPS) is 39.9. The predicted octanol–water partition coefficient (Wildman–Crippen LogP) is -5.30. The van der Waals surface area contributed by atoms with E-state index in [4.69, 9.17) is 28.4 Å². The molecule has 0 aromatic rings. The van der Waals surface area contributed by atoms with Crippen molar-refractivity contribution in [1.82, 2.24) is 26.6 Å². The molecule has 5 saturated heterocycles. The molecule has 5 aliphatic rings. The van der Waals surface area contributed by atoms with Crippen molar-refractivity contribution in [2.45, 2.75) is 149 Å². The van der Waals surface area contributed by atoms with Crippen molar-refractivity contribution in [2.24, 2.45) is 0 Å². The highest BCUT2D eigenvalue weighted by atomic mass is 32.2. The number of hydrogen-bond acceptors (Lipinski definition) is 18. The number of ether oxygens (including phenoxy) is 6. The van der Waals surface area contributed by atoms with Gasteiger partial charge >= 0.3 is 12.0 Å². The number of fused-ring (bicyclic) bond motifs is 1. The van der Waals surface area contributed by atoms with Crippen LogP contribution in [0.1, 0.15) is 46.0 Å². The molecule has 0 aromatic heterocycles. The monoisotopic (exact) mass is 853 g/mol. The van der Waals surface area contributed by atoms with E-state index >= 15 is 0 Å². The molecule has 0 unspecified atom stereocenters. The van der Waals surface area contributed by atoms with Gasteiger partial charge in [0.25, 0.3) is 0 Å². The fourth-order valence-electron chi connectivity index (χ4n) is 7.72. The van der Waals surface area contributed by atoms with Crippen molar-refractivity contribution in [3.05, 3.63) is 0 Å². The number of thioether (sulfide) groups is 1. The van der Waals surface area contributed by atoms with Crippen LogP contribution in [-0.4, -0.2) is 201 Å². The molecule has 5 amide bonds. The summed E-state index contributed by atoms with van der Waals surface area (Å²) in [5.74, 6) is -2.25. The van der Waals surface area contributed by atoms with Crippen LogP contribution in [0.25, 0.3) is 0 Å². The number of nitrogens with one attached hydrogen (secondary N) is 5. The number of unbranched alkanes of at least 4 members (excludes halogenated alkanes) is 1. The molecule has 0 spiro atoms. The highest BCUT2D eigenvalue weighted by molar-refractivity contribution is 8.00. The Morgan fingerprint density at radius 3 is 2.26 bits per heavy atom. The lowest BCUT2D eigenvalue weighted by atomic mass is 9.94. The third kappa shape index (κ3) is 11.4. The molecule has 24 heteroatoms. The summed E-state index contributed by atoms with van der Waals surface area (Å²) < 4.78 is 34.2. The van der Waals surface area contributed by atoms with Crippen molar-refractivity contribution >= 4 is 41.5 Å². The van der Waals surface area contributed by atoms with Gasteiger partial charge < -0.3 is 90.8 Å². The van der Waals surface area contributed by atoms with Crippen molar-refractivity contribution in [2.75, 3.05) is 32.1 Å². The highest BCUT2D eigenvalue weighted by Crippen LogP contribution is 2.34. The topological polar surface area (TPSA) is 342 Å². The Labute approximate surface area is 337 Å². The highest BCUT2D eigenvalue weighted by Gasteiger charge is 2.55. The summed E-state index contributed by atoms with van der Waals surface area (Å²) in [6.07, 6.45) is -17.8. The van der Waals surface area contributed by atoms with Crippen LogP contribution in [0.15, 0.2) is 0 Å². The van der Waals surface area contributed by atoms with Gasteiger partial charge in [0.05, 0.1) is 44.1 Å². The Morgan fingerprint density at radius 1 is 0.862 bits per heavy atom. The molecular formula is C34H55N5O18S. The second kappa shape index (κ2) is 21.0. The number of carbonyl (C=O) groups is 5. The number of rotatable bonds is 18. The molecule has 58 heavy (non-hydrogen) atoms. The molecule has 5 rings (SSSR count). The molecule has 23 nitrogen and oxygen atoms in total. The first kappa shape index (κ1) is 46.1. The van der Waals surface area contributed by atoms with E-state index in [1.165, 1.54) is 6.92 Å². The number of urea groups is 1. The Hall–Kier alpha value is -2.98. The largest absolute Gasteiger partial charge is 0.479 e. The molecule has 0 bridgehead atoms. The summed E-state index contributed by atoms with van der Waals surface area (Å²) >= 11 is 1.79. The van der Waals surface area contributed by atoms with Gasteiger partial charge in [-0.2, -0.15) is 11.8 Å². The van der Waals surface area contributed by atoms with Gasteiger partial charge in [-0.1, -0.05) is 6.42 Å². The van der Waals surface area contributed by atoms with E-state index in [1.807, 2.05) is 0 Å². The average molecular weight is 854 g/mol. The van der Waals surface area contributed by atoms with Gasteiger partial charge in [-0.25, -0.2) is 9.59 Å². The van der Waals surface area contributed by atoms with E-state index in [0.717, 1.165) is 25.5 Å². The van der Waals surface area contributed by atoms with Crippen LogP contribution in [0, 0.1) is 0 Å². The maximum atomic E-state index is 12.5. The van der Waals surface area contributed by atoms with Gasteiger partial charge in [-0.05, 0) is 12.8 Å². The van der Waals surface area contributed by atoms with Crippen LogP contribution in [0.2, 0.25) is 0 Å². The lowest BCUT2D eigenvalue weighted by molar-refractivity contribution is -0.349. The Bertz CT molecular complexity index is 1440. The smallest absolute Gasteiger partial charge is 0.335 e. The molecule has 0 radical (unpaired) electrons. The van der Waals surface area contributed by atoms with Crippen molar-refractivity contribution in [3.8, 4) is 0 Å². The van der Waals surface area contributed by atoms with Crippen molar-refractivity contribution < 1.29 is 88.1 Å². The molecule has 17 atom stereocenters. The fourth-order valence-corrected chi connectivity index (χ4v) is 9.26. The average Bonchev–Trinajstić information content (AvgIpc) is 3.72. The molecule has 0 aromatic carbocycles. The molecule has 5 fully saturated rings. The summed E-state index contributed by atoms with van der Waals surface area (Å²) in [6.45, 7) is 0.693. The minimum atomic E-state index is -2.06. The zero-order valence-corrected chi connectivity index (χ0v) is 32.7. The van der Waals surface area contributed by atoms with Crippen LogP contribution in [-0.2, 0) is 47.6 Å². The van der Waals surface area contributed by atoms with Crippen LogP contribution in [0.3, 0.4) is 0 Å². The maximum absolute atomic E-state index is 12.5. The molecule has 0 aliphatic carbocycles.